The molecular formula is C28H20BrN3O4. The van der Waals surface area contributed by atoms with Crippen LogP contribution in [0, 0.1) is 10.1 Å². The highest BCUT2D eigenvalue weighted by molar-refractivity contribution is 9.10. The molecule has 0 radical (unpaired) electrons. The van der Waals surface area contributed by atoms with E-state index in [9.17, 15) is 14.9 Å². The number of esters is 1. The van der Waals surface area contributed by atoms with E-state index in [4.69, 9.17) is 9.84 Å². The molecule has 8 heteroatoms. The maximum absolute atomic E-state index is 12.0. The molecule has 4 aromatic carbocycles. The van der Waals surface area contributed by atoms with Gasteiger partial charge in [-0.25, -0.2) is 4.68 Å². The van der Waals surface area contributed by atoms with Gasteiger partial charge in [0.15, 0.2) is 0 Å². The van der Waals surface area contributed by atoms with E-state index in [2.05, 4.69) is 15.9 Å². The van der Waals surface area contributed by atoms with E-state index in [-0.39, 0.29) is 11.4 Å². The first-order chi connectivity index (χ1) is 17.4. The van der Waals surface area contributed by atoms with E-state index < -0.39 is 16.4 Å². The van der Waals surface area contributed by atoms with E-state index in [1.54, 1.807) is 4.68 Å². The van der Waals surface area contributed by atoms with Crippen molar-refractivity contribution in [1.29, 1.82) is 0 Å². The number of nitro groups is 1. The Labute approximate surface area is 215 Å². The Hall–Kier alpha value is -4.30. The molecule has 0 saturated carbocycles. The molecule has 0 N–H and O–H groups in total. The SMILES string of the molecule is CC(=O)Oc1cc2c(Br)nn(C(c3ccccc3)(c3ccccc3)c3ccccc3)c2cc1[N+](=O)[O-]. The molecule has 1 heterocycles. The molecule has 5 aromatic rings. The van der Waals surface area contributed by atoms with Crippen molar-refractivity contribution in [2.24, 2.45) is 0 Å². The summed E-state index contributed by atoms with van der Waals surface area (Å²) in [6, 6.07) is 32.6. The molecule has 36 heavy (non-hydrogen) atoms. The number of halogens is 1. The van der Waals surface area contributed by atoms with Gasteiger partial charge in [0.05, 0.1) is 10.4 Å². The first-order valence-electron chi connectivity index (χ1n) is 11.1. The van der Waals surface area contributed by atoms with Gasteiger partial charge in [0.25, 0.3) is 0 Å². The maximum atomic E-state index is 12.0. The minimum atomic E-state index is -0.967. The maximum Gasteiger partial charge on any atom is 0.313 e. The smallest absolute Gasteiger partial charge is 0.313 e. The van der Waals surface area contributed by atoms with E-state index in [0.717, 1.165) is 16.7 Å². The van der Waals surface area contributed by atoms with Gasteiger partial charge < -0.3 is 4.74 Å². The minimum Gasteiger partial charge on any atom is -0.419 e. The predicted molar refractivity (Wildman–Crippen MR) is 140 cm³/mol. The van der Waals surface area contributed by atoms with Crippen LogP contribution >= 0.6 is 15.9 Å². The molecule has 0 saturated heterocycles. The summed E-state index contributed by atoms with van der Waals surface area (Å²) < 4.78 is 7.45. The molecule has 178 valence electrons. The van der Waals surface area contributed by atoms with Crippen molar-refractivity contribution >= 4 is 38.5 Å². The molecule has 0 spiro atoms. The Kier molecular flexibility index (Phi) is 6.12. The third-order valence-corrected chi connectivity index (χ3v) is 6.64. The second kappa shape index (κ2) is 9.39. The van der Waals surface area contributed by atoms with Gasteiger partial charge in [-0.05, 0) is 32.6 Å². The monoisotopic (exact) mass is 541 g/mol. The average Bonchev–Trinajstić information content (AvgIpc) is 3.21. The molecular weight excluding hydrogens is 522 g/mol. The standard InChI is InChI=1S/C28H20BrN3O4/c1-19(33)36-26-17-23-24(18-25(26)32(34)35)31(30-27(23)29)28(20-11-5-2-6-12-20,21-13-7-3-8-14-21)22-15-9-4-10-16-22/h2-18H,1H3. The number of aromatic nitrogens is 2. The van der Waals surface area contributed by atoms with Gasteiger partial charge in [-0.1, -0.05) is 91.0 Å². The highest BCUT2D eigenvalue weighted by Crippen LogP contribution is 2.45. The average molecular weight is 542 g/mol. The van der Waals surface area contributed by atoms with Crippen LogP contribution in [0.1, 0.15) is 23.6 Å². The van der Waals surface area contributed by atoms with E-state index in [0.29, 0.717) is 15.5 Å². The van der Waals surface area contributed by atoms with Crippen LogP contribution in [0.25, 0.3) is 10.9 Å². The quantitative estimate of drug-likeness (QED) is 0.0807. The van der Waals surface area contributed by atoms with Gasteiger partial charge in [0.2, 0.25) is 5.75 Å². The fourth-order valence-corrected chi connectivity index (χ4v) is 5.11. The molecule has 0 amide bonds. The van der Waals surface area contributed by atoms with Gasteiger partial charge in [-0.3, -0.25) is 14.9 Å². The van der Waals surface area contributed by atoms with E-state index in [1.807, 2.05) is 91.0 Å². The third-order valence-electron chi connectivity index (χ3n) is 6.06. The van der Waals surface area contributed by atoms with Crippen molar-refractivity contribution in [2.75, 3.05) is 0 Å². The number of nitro benzene ring substituents is 1. The number of benzene rings is 4. The summed E-state index contributed by atoms with van der Waals surface area (Å²) in [6.07, 6.45) is 0. The van der Waals surface area contributed by atoms with Gasteiger partial charge >= 0.3 is 11.7 Å². The molecule has 1 aromatic heterocycles. The van der Waals surface area contributed by atoms with Gasteiger partial charge in [0, 0.05) is 24.4 Å². The van der Waals surface area contributed by atoms with Crippen molar-refractivity contribution < 1.29 is 14.5 Å². The lowest BCUT2D eigenvalue weighted by molar-refractivity contribution is -0.385. The Balaban J connectivity index is 1.95. The second-order valence-electron chi connectivity index (χ2n) is 8.20. The second-order valence-corrected chi connectivity index (χ2v) is 8.95. The molecule has 5 rings (SSSR count). The summed E-state index contributed by atoms with van der Waals surface area (Å²) in [5, 5.41) is 17.5. The van der Waals surface area contributed by atoms with Gasteiger partial charge in [-0.15, -0.1) is 0 Å². The molecule has 0 atom stereocenters. The highest BCUT2D eigenvalue weighted by Gasteiger charge is 2.41. The number of carbonyl (C=O) groups is 1. The van der Waals surface area contributed by atoms with Crippen molar-refractivity contribution in [1.82, 2.24) is 9.78 Å². The molecule has 0 fully saturated rings. The lowest BCUT2D eigenvalue weighted by Crippen LogP contribution is -2.38. The zero-order valence-electron chi connectivity index (χ0n) is 19.2. The molecule has 0 aliphatic heterocycles. The van der Waals surface area contributed by atoms with Crippen LogP contribution in [0.4, 0.5) is 5.69 Å². The highest BCUT2D eigenvalue weighted by atomic mass is 79.9. The number of hydrogen-bond donors (Lipinski definition) is 0. The van der Waals surface area contributed by atoms with Crippen LogP contribution in [-0.2, 0) is 10.3 Å². The predicted octanol–water partition coefficient (Wildman–Crippen LogP) is 6.47. The lowest BCUT2D eigenvalue weighted by atomic mass is 9.77. The Morgan fingerprint density at radius 2 is 1.36 bits per heavy atom. The van der Waals surface area contributed by atoms with Gasteiger partial charge in [0.1, 0.15) is 10.1 Å². The number of carbonyl (C=O) groups excluding carboxylic acids is 1. The Morgan fingerprint density at radius 1 is 0.889 bits per heavy atom. The van der Waals surface area contributed by atoms with Crippen LogP contribution in [0.5, 0.6) is 5.75 Å². The molecule has 7 nitrogen and oxygen atoms in total. The summed E-state index contributed by atoms with van der Waals surface area (Å²) in [6.45, 7) is 1.21. The molecule has 0 aliphatic rings. The van der Waals surface area contributed by atoms with Crippen LogP contribution in [-0.4, -0.2) is 20.7 Å². The first-order valence-corrected chi connectivity index (χ1v) is 11.9. The van der Waals surface area contributed by atoms with E-state index >= 15 is 0 Å². The van der Waals surface area contributed by atoms with Crippen molar-refractivity contribution in [3.8, 4) is 5.75 Å². The fraction of sp³-hybridized carbons (Fsp3) is 0.0714. The Bertz CT molecular complexity index is 1470. The van der Waals surface area contributed by atoms with Crippen LogP contribution in [0.3, 0.4) is 0 Å². The lowest BCUT2D eigenvalue weighted by Gasteiger charge is -2.37. The van der Waals surface area contributed by atoms with Gasteiger partial charge in [-0.2, -0.15) is 5.10 Å². The summed E-state index contributed by atoms with van der Waals surface area (Å²) in [5.74, 6) is -0.779. The number of rotatable bonds is 6. The van der Waals surface area contributed by atoms with Crippen LogP contribution in [0.2, 0.25) is 0 Å². The normalized spacial score (nSPS) is 11.4. The minimum absolute atomic E-state index is 0.134. The summed E-state index contributed by atoms with van der Waals surface area (Å²) >= 11 is 3.55. The zero-order chi connectivity index (χ0) is 25.3. The fourth-order valence-electron chi connectivity index (χ4n) is 4.63. The summed E-state index contributed by atoms with van der Waals surface area (Å²) in [4.78, 5) is 23.1. The molecule has 0 unspecified atom stereocenters. The zero-order valence-corrected chi connectivity index (χ0v) is 20.8. The topological polar surface area (TPSA) is 87.3 Å². The summed E-state index contributed by atoms with van der Waals surface area (Å²) in [5.41, 5.74) is 1.98. The number of hydrogen-bond acceptors (Lipinski definition) is 5. The Morgan fingerprint density at radius 3 is 1.78 bits per heavy atom. The van der Waals surface area contributed by atoms with Crippen LogP contribution < -0.4 is 4.74 Å². The van der Waals surface area contributed by atoms with Crippen molar-refractivity contribution in [3.05, 3.63) is 135 Å². The first kappa shape index (κ1) is 23.4. The number of fused-ring (bicyclic) bond motifs is 1. The van der Waals surface area contributed by atoms with Crippen molar-refractivity contribution in [2.45, 2.75) is 12.5 Å². The molecule has 0 aliphatic carbocycles. The third kappa shape index (κ3) is 3.85. The van der Waals surface area contributed by atoms with E-state index in [1.165, 1.54) is 19.1 Å². The summed E-state index contributed by atoms with van der Waals surface area (Å²) in [7, 11) is 0. The van der Waals surface area contributed by atoms with Crippen molar-refractivity contribution in [3.63, 3.8) is 0 Å². The largest absolute Gasteiger partial charge is 0.419 e. The number of nitrogens with zero attached hydrogens (tertiary/aromatic N) is 3. The van der Waals surface area contributed by atoms with Crippen LogP contribution in [0.15, 0.2) is 108 Å². The molecule has 0 bridgehead atoms. The number of ether oxygens (including phenoxy) is 1.